The molecule has 5 rings (SSSR count). The van der Waals surface area contributed by atoms with E-state index in [0.717, 1.165) is 27.3 Å². The number of benzene rings is 3. The summed E-state index contributed by atoms with van der Waals surface area (Å²) in [6.45, 7) is 0.414. The Bertz CT molecular complexity index is 1230. The Labute approximate surface area is 170 Å². The van der Waals surface area contributed by atoms with Gasteiger partial charge in [-0.25, -0.2) is 0 Å². The number of hydrogen-bond acceptors (Lipinski definition) is 6. The number of aromatic nitrogens is 4. The van der Waals surface area contributed by atoms with Crippen LogP contribution in [0.4, 0.5) is 0 Å². The molecule has 7 heteroatoms. The summed E-state index contributed by atoms with van der Waals surface area (Å²) in [4.78, 5) is 2.00. The van der Waals surface area contributed by atoms with Crippen LogP contribution in [0.15, 0.2) is 77.7 Å². The van der Waals surface area contributed by atoms with E-state index in [0.29, 0.717) is 6.61 Å². The van der Waals surface area contributed by atoms with Crippen molar-refractivity contribution < 1.29 is 4.74 Å². The van der Waals surface area contributed by atoms with Gasteiger partial charge in [0.15, 0.2) is 10.8 Å². The minimum absolute atomic E-state index is 0.414. The fourth-order valence-electron chi connectivity index (χ4n) is 2.91. The van der Waals surface area contributed by atoms with Gasteiger partial charge in [0.2, 0.25) is 4.96 Å². The van der Waals surface area contributed by atoms with Crippen molar-refractivity contribution in [3.8, 4) is 5.75 Å². The minimum atomic E-state index is 0.414. The standard InChI is InChI=1S/C21H16N4OS2/c1-2-8-18(9-3-1)27-14-19-22-23-21-25(19)24-20(28-21)13-26-17-11-10-15-6-4-5-7-16(15)12-17/h1-12H,13-14H2. The number of ether oxygens (including phenoxy) is 1. The summed E-state index contributed by atoms with van der Waals surface area (Å²) in [7, 11) is 0. The molecule has 0 N–H and O–H groups in total. The summed E-state index contributed by atoms with van der Waals surface area (Å²) >= 11 is 3.23. The van der Waals surface area contributed by atoms with E-state index in [2.05, 4.69) is 51.7 Å². The Morgan fingerprint density at radius 2 is 1.71 bits per heavy atom. The summed E-state index contributed by atoms with van der Waals surface area (Å²) < 4.78 is 7.77. The Balaban J connectivity index is 1.29. The quantitative estimate of drug-likeness (QED) is 0.364. The number of hydrogen-bond donors (Lipinski definition) is 0. The topological polar surface area (TPSA) is 52.3 Å². The molecule has 0 fully saturated rings. The van der Waals surface area contributed by atoms with E-state index < -0.39 is 0 Å². The highest BCUT2D eigenvalue weighted by atomic mass is 32.2. The lowest BCUT2D eigenvalue weighted by molar-refractivity contribution is 0.304. The molecule has 28 heavy (non-hydrogen) atoms. The fraction of sp³-hybridized carbons (Fsp3) is 0.0952. The largest absolute Gasteiger partial charge is 0.486 e. The number of fused-ring (bicyclic) bond motifs is 2. The van der Waals surface area contributed by atoms with E-state index in [4.69, 9.17) is 4.74 Å². The van der Waals surface area contributed by atoms with E-state index in [1.807, 2.05) is 40.9 Å². The first-order valence-corrected chi connectivity index (χ1v) is 10.6. The predicted octanol–water partition coefficient (Wildman–Crippen LogP) is 5.21. The van der Waals surface area contributed by atoms with Gasteiger partial charge in [-0.2, -0.15) is 9.61 Å². The van der Waals surface area contributed by atoms with Crippen LogP contribution >= 0.6 is 23.1 Å². The zero-order valence-electron chi connectivity index (χ0n) is 14.9. The summed E-state index contributed by atoms with van der Waals surface area (Å²) in [5, 5.41) is 16.4. The zero-order valence-corrected chi connectivity index (χ0v) is 16.5. The van der Waals surface area contributed by atoms with Crippen LogP contribution in [0, 0.1) is 0 Å². The second-order valence-corrected chi connectivity index (χ2v) is 8.30. The molecule has 3 aromatic carbocycles. The van der Waals surface area contributed by atoms with Gasteiger partial charge in [-0.05, 0) is 35.0 Å². The second kappa shape index (κ2) is 7.61. The van der Waals surface area contributed by atoms with Gasteiger partial charge < -0.3 is 4.74 Å². The average Bonchev–Trinajstić information content (AvgIpc) is 3.32. The maximum absolute atomic E-state index is 5.95. The highest BCUT2D eigenvalue weighted by Crippen LogP contribution is 2.24. The molecule has 0 unspecified atom stereocenters. The molecule has 2 heterocycles. The number of nitrogens with zero attached hydrogens (tertiary/aromatic N) is 4. The van der Waals surface area contributed by atoms with Gasteiger partial charge in [0.05, 0.1) is 5.75 Å². The third kappa shape index (κ3) is 3.58. The summed E-state index contributed by atoms with van der Waals surface area (Å²) in [5.74, 6) is 2.40. The van der Waals surface area contributed by atoms with Crippen LogP contribution in [0.3, 0.4) is 0 Å². The summed E-state index contributed by atoms with van der Waals surface area (Å²) in [6, 6.07) is 24.6. The van der Waals surface area contributed by atoms with Crippen molar-refractivity contribution in [1.29, 1.82) is 0 Å². The molecule has 0 radical (unpaired) electrons. The van der Waals surface area contributed by atoms with E-state index in [9.17, 15) is 0 Å². The molecule has 5 aromatic rings. The van der Waals surface area contributed by atoms with Crippen molar-refractivity contribution in [2.75, 3.05) is 0 Å². The molecular weight excluding hydrogens is 388 g/mol. The van der Waals surface area contributed by atoms with Crippen LogP contribution in [0.5, 0.6) is 5.75 Å². The minimum Gasteiger partial charge on any atom is -0.486 e. The molecule has 0 aliphatic carbocycles. The first kappa shape index (κ1) is 17.2. The van der Waals surface area contributed by atoms with Crippen molar-refractivity contribution in [3.05, 3.63) is 83.6 Å². The van der Waals surface area contributed by atoms with Crippen LogP contribution in [-0.4, -0.2) is 19.8 Å². The van der Waals surface area contributed by atoms with Crippen molar-refractivity contribution in [2.45, 2.75) is 17.3 Å². The normalized spacial score (nSPS) is 11.3. The van der Waals surface area contributed by atoms with Crippen molar-refractivity contribution in [3.63, 3.8) is 0 Å². The molecule has 0 aliphatic heterocycles. The lowest BCUT2D eigenvalue weighted by atomic mass is 10.1. The van der Waals surface area contributed by atoms with Gasteiger partial charge in [0.25, 0.3) is 0 Å². The van der Waals surface area contributed by atoms with Gasteiger partial charge in [-0.15, -0.1) is 22.0 Å². The number of rotatable bonds is 6. The lowest BCUT2D eigenvalue weighted by Crippen LogP contribution is -1.98. The first-order chi connectivity index (χ1) is 13.8. The molecule has 0 atom stereocenters. The van der Waals surface area contributed by atoms with Gasteiger partial charge in [-0.3, -0.25) is 0 Å². The fourth-order valence-corrected chi connectivity index (χ4v) is 4.50. The van der Waals surface area contributed by atoms with Crippen molar-refractivity contribution >= 4 is 38.8 Å². The average molecular weight is 405 g/mol. The highest BCUT2D eigenvalue weighted by Gasteiger charge is 2.12. The monoisotopic (exact) mass is 404 g/mol. The smallest absolute Gasteiger partial charge is 0.234 e. The molecule has 5 nitrogen and oxygen atoms in total. The van der Waals surface area contributed by atoms with Crippen LogP contribution in [0.2, 0.25) is 0 Å². The maximum atomic E-state index is 5.95. The van der Waals surface area contributed by atoms with Crippen LogP contribution in [-0.2, 0) is 12.4 Å². The van der Waals surface area contributed by atoms with Gasteiger partial charge in [-0.1, -0.05) is 59.9 Å². The van der Waals surface area contributed by atoms with Gasteiger partial charge >= 0.3 is 0 Å². The highest BCUT2D eigenvalue weighted by molar-refractivity contribution is 7.98. The van der Waals surface area contributed by atoms with Gasteiger partial charge in [0.1, 0.15) is 12.4 Å². The van der Waals surface area contributed by atoms with Crippen LogP contribution in [0.1, 0.15) is 10.8 Å². The molecule has 0 aliphatic rings. The van der Waals surface area contributed by atoms with Crippen molar-refractivity contribution in [2.24, 2.45) is 0 Å². The number of thioether (sulfide) groups is 1. The molecule has 138 valence electrons. The molecule has 0 bridgehead atoms. The first-order valence-electron chi connectivity index (χ1n) is 8.85. The molecule has 2 aromatic heterocycles. The molecule has 0 amide bonds. The summed E-state index contributed by atoms with van der Waals surface area (Å²) in [6.07, 6.45) is 0. The molecule has 0 spiro atoms. The predicted molar refractivity (Wildman–Crippen MR) is 113 cm³/mol. The van der Waals surface area contributed by atoms with E-state index in [-0.39, 0.29) is 0 Å². The zero-order chi connectivity index (χ0) is 18.8. The Kier molecular flexibility index (Phi) is 4.68. The molecule has 0 saturated carbocycles. The molecule has 0 saturated heterocycles. The van der Waals surface area contributed by atoms with E-state index in [1.54, 1.807) is 11.8 Å². The third-order valence-corrected chi connectivity index (χ3v) is 6.17. The van der Waals surface area contributed by atoms with E-state index >= 15 is 0 Å². The molecular formula is C21H16N4OS2. The van der Waals surface area contributed by atoms with Crippen LogP contribution < -0.4 is 4.74 Å². The van der Waals surface area contributed by atoms with Crippen molar-refractivity contribution in [1.82, 2.24) is 19.8 Å². The summed E-state index contributed by atoms with van der Waals surface area (Å²) in [5.41, 5.74) is 0. The van der Waals surface area contributed by atoms with Gasteiger partial charge in [0, 0.05) is 4.90 Å². The maximum Gasteiger partial charge on any atom is 0.234 e. The van der Waals surface area contributed by atoms with Crippen LogP contribution in [0.25, 0.3) is 15.7 Å². The second-order valence-electron chi connectivity index (χ2n) is 6.21. The third-order valence-electron chi connectivity index (χ3n) is 4.29. The SMILES string of the molecule is c1ccc(SCc2nnc3sc(COc4ccc5ccccc5c4)nn23)cc1. The van der Waals surface area contributed by atoms with E-state index in [1.165, 1.54) is 27.0 Å². The Morgan fingerprint density at radius 1 is 0.893 bits per heavy atom. The Hall–Kier alpha value is -2.90. The lowest BCUT2D eigenvalue weighted by Gasteiger charge is -2.05. The Morgan fingerprint density at radius 3 is 2.61 bits per heavy atom.